The van der Waals surface area contributed by atoms with Gasteiger partial charge in [-0.3, -0.25) is 4.79 Å². The molecule has 2 N–H and O–H groups in total. The van der Waals surface area contributed by atoms with Gasteiger partial charge in [0.1, 0.15) is 5.82 Å². The zero-order valence-electron chi connectivity index (χ0n) is 12.7. The van der Waals surface area contributed by atoms with Crippen molar-refractivity contribution in [2.45, 2.75) is 19.9 Å². The van der Waals surface area contributed by atoms with E-state index in [4.69, 9.17) is 11.6 Å². The molecule has 2 aromatic rings. The highest BCUT2D eigenvalue weighted by molar-refractivity contribution is 6.30. The molecule has 0 aliphatic heterocycles. The zero-order chi connectivity index (χ0) is 15.9. The maximum atomic E-state index is 12.0. The molecule has 0 saturated heterocycles. The van der Waals surface area contributed by atoms with Crippen molar-refractivity contribution >= 4 is 23.3 Å². The van der Waals surface area contributed by atoms with Crippen LogP contribution in [-0.2, 0) is 4.79 Å². The molecule has 22 heavy (non-hydrogen) atoms. The molecule has 0 unspecified atom stereocenters. The van der Waals surface area contributed by atoms with Crippen LogP contribution < -0.4 is 10.6 Å². The number of aromatic nitrogens is 1. The van der Waals surface area contributed by atoms with Gasteiger partial charge in [-0.1, -0.05) is 55.8 Å². The van der Waals surface area contributed by atoms with E-state index >= 15 is 0 Å². The van der Waals surface area contributed by atoms with E-state index in [-0.39, 0.29) is 18.5 Å². The maximum absolute atomic E-state index is 12.0. The molecule has 0 aliphatic carbocycles. The fourth-order valence-corrected chi connectivity index (χ4v) is 2.35. The first kappa shape index (κ1) is 16.5. The molecule has 0 fully saturated rings. The Labute approximate surface area is 135 Å². The van der Waals surface area contributed by atoms with Gasteiger partial charge in [0.05, 0.1) is 11.6 Å². The van der Waals surface area contributed by atoms with Gasteiger partial charge >= 0.3 is 0 Å². The monoisotopic (exact) mass is 317 g/mol. The number of nitrogens with one attached hydrogen (secondary N) is 2. The van der Waals surface area contributed by atoms with E-state index < -0.39 is 0 Å². The molecule has 1 aromatic heterocycles. The Kier molecular flexibility index (Phi) is 5.92. The second-order valence-corrected chi connectivity index (χ2v) is 5.86. The van der Waals surface area contributed by atoms with Crippen LogP contribution in [0.1, 0.15) is 25.5 Å². The summed E-state index contributed by atoms with van der Waals surface area (Å²) in [5.41, 5.74) is 1.18. The highest BCUT2D eigenvalue weighted by Crippen LogP contribution is 2.20. The van der Waals surface area contributed by atoms with Crippen molar-refractivity contribution in [3.63, 3.8) is 0 Å². The van der Waals surface area contributed by atoms with E-state index in [2.05, 4.69) is 41.6 Å². The molecule has 2 rings (SSSR count). The van der Waals surface area contributed by atoms with Crippen molar-refractivity contribution in [1.82, 2.24) is 10.3 Å². The second-order valence-electron chi connectivity index (χ2n) is 5.42. The fourth-order valence-electron chi connectivity index (χ4n) is 2.24. The Bertz CT molecular complexity index is 599. The Morgan fingerprint density at radius 1 is 1.18 bits per heavy atom. The third-order valence-electron chi connectivity index (χ3n) is 3.30. The summed E-state index contributed by atoms with van der Waals surface area (Å²) in [4.78, 5) is 16.1. The van der Waals surface area contributed by atoms with Crippen LogP contribution in [0.5, 0.6) is 0 Å². The molecule has 116 valence electrons. The number of hydrogen-bond donors (Lipinski definition) is 2. The minimum absolute atomic E-state index is 0.128. The standard InChI is InChI=1S/C17H20ClN3O/c1-12(2)17(13-6-4-3-5-7-13)20-11-16(22)21-15-9-8-14(18)10-19-15/h3-10,12,17,20H,11H2,1-2H3,(H,19,21,22)/t17-/m0/s1. The molecule has 5 heteroatoms. The normalized spacial score (nSPS) is 12.2. The van der Waals surface area contributed by atoms with Crippen molar-refractivity contribution < 1.29 is 4.79 Å². The van der Waals surface area contributed by atoms with Crippen LogP contribution in [0, 0.1) is 5.92 Å². The Balaban J connectivity index is 1.92. The number of halogens is 1. The van der Waals surface area contributed by atoms with E-state index in [1.165, 1.54) is 11.8 Å². The SMILES string of the molecule is CC(C)[C@H](NCC(=O)Nc1ccc(Cl)cn1)c1ccccc1. The summed E-state index contributed by atoms with van der Waals surface area (Å²) < 4.78 is 0. The first-order chi connectivity index (χ1) is 10.6. The van der Waals surface area contributed by atoms with Gasteiger partial charge in [-0.15, -0.1) is 0 Å². The van der Waals surface area contributed by atoms with Crippen LogP contribution in [0.2, 0.25) is 5.02 Å². The van der Waals surface area contributed by atoms with Crippen molar-refractivity contribution in [3.8, 4) is 0 Å². The molecule has 1 heterocycles. The number of amides is 1. The van der Waals surface area contributed by atoms with Crippen LogP contribution in [-0.4, -0.2) is 17.4 Å². The molecule has 0 spiro atoms. The van der Waals surface area contributed by atoms with Gasteiger partial charge in [-0.25, -0.2) is 4.98 Å². The fraction of sp³-hybridized carbons (Fsp3) is 0.294. The summed E-state index contributed by atoms with van der Waals surface area (Å²) in [5.74, 6) is 0.747. The van der Waals surface area contributed by atoms with Gasteiger partial charge in [0, 0.05) is 12.2 Å². The van der Waals surface area contributed by atoms with E-state index in [1.807, 2.05) is 18.2 Å². The van der Waals surface area contributed by atoms with Gasteiger partial charge in [-0.2, -0.15) is 0 Å². The number of benzene rings is 1. The highest BCUT2D eigenvalue weighted by Gasteiger charge is 2.16. The van der Waals surface area contributed by atoms with Crippen molar-refractivity contribution in [2.24, 2.45) is 5.92 Å². The average molecular weight is 318 g/mol. The number of anilines is 1. The summed E-state index contributed by atoms with van der Waals surface area (Å²) in [5, 5.41) is 6.59. The lowest BCUT2D eigenvalue weighted by molar-refractivity contribution is -0.115. The molecular weight excluding hydrogens is 298 g/mol. The summed E-state index contributed by atoms with van der Waals surface area (Å²) in [6.45, 7) is 4.48. The molecule has 1 amide bonds. The molecule has 4 nitrogen and oxygen atoms in total. The number of hydrogen-bond acceptors (Lipinski definition) is 3. The first-order valence-electron chi connectivity index (χ1n) is 7.26. The number of carbonyl (C=O) groups excluding carboxylic acids is 1. The summed E-state index contributed by atoms with van der Waals surface area (Å²) in [6, 6.07) is 13.6. The summed E-state index contributed by atoms with van der Waals surface area (Å²) >= 11 is 5.77. The summed E-state index contributed by atoms with van der Waals surface area (Å²) in [7, 11) is 0. The van der Waals surface area contributed by atoms with Crippen LogP contribution in [0.4, 0.5) is 5.82 Å². The van der Waals surface area contributed by atoms with Crippen LogP contribution in [0.15, 0.2) is 48.7 Å². The molecular formula is C17H20ClN3O. The van der Waals surface area contributed by atoms with Gasteiger partial charge in [0.15, 0.2) is 0 Å². The first-order valence-corrected chi connectivity index (χ1v) is 7.64. The van der Waals surface area contributed by atoms with Gasteiger partial charge < -0.3 is 10.6 Å². The predicted octanol–water partition coefficient (Wildman–Crippen LogP) is 3.66. The molecule has 1 atom stereocenters. The number of pyridine rings is 1. The van der Waals surface area contributed by atoms with Crippen molar-refractivity contribution in [3.05, 3.63) is 59.2 Å². The van der Waals surface area contributed by atoms with E-state index in [0.717, 1.165) is 0 Å². The van der Waals surface area contributed by atoms with Crippen molar-refractivity contribution in [2.75, 3.05) is 11.9 Å². The minimum Gasteiger partial charge on any atom is -0.310 e. The third-order valence-corrected chi connectivity index (χ3v) is 3.53. The number of nitrogens with zero attached hydrogens (tertiary/aromatic N) is 1. The number of carbonyl (C=O) groups is 1. The highest BCUT2D eigenvalue weighted by atomic mass is 35.5. The quantitative estimate of drug-likeness (QED) is 0.855. The van der Waals surface area contributed by atoms with Gasteiger partial charge in [-0.05, 0) is 23.6 Å². The lowest BCUT2D eigenvalue weighted by Crippen LogP contribution is -2.33. The molecule has 0 saturated carbocycles. The van der Waals surface area contributed by atoms with Crippen LogP contribution in [0.25, 0.3) is 0 Å². The smallest absolute Gasteiger partial charge is 0.239 e. The zero-order valence-corrected chi connectivity index (χ0v) is 13.5. The molecule has 0 aliphatic rings. The lowest BCUT2D eigenvalue weighted by Gasteiger charge is -2.22. The topological polar surface area (TPSA) is 54.0 Å². The van der Waals surface area contributed by atoms with Gasteiger partial charge in [0.2, 0.25) is 5.91 Å². The molecule has 0 radical (unpaired) electrons. The van der Waals surface area contributed by atoms with Crippen LogP contribution >= 0.6 is 11.6 Å². The third kappa shape index (κ3) is 4.83. The molecule has 1 aromatic carbocycles. The Morgan fingerprint density at radius 2 is 1.91 bits per heavy atom. The molecule has 0 bridgehead atoms. The lowest BCUT2D eigenvalue weighted by atomic mass is 9.96. The van der Waals surface area contributed by atoms with Gasteiger partial charge in [0.25, 0.3) is 0 Å². The number of rotatable bonds is 6. The predicted molar refractivity (Wildman–Crippen MR) is 89.9 cm³/mol. The maximum Gasteiger partial charge on any atom is 0.239 e. The largest absolute Gasteiger partial charge is 0.310 e. The average Bonchev–Trinajstić information content (AvgIpc) is 2.50. The minimum atomic E-state index is -0.128. The van der Waals surface area contributed by atoms with Crippen LogP contribution in [0.3, 0.4) is 0 Å². The van der Waals surface area contributed by atoms with E-state index in [9.17, 15) is 4.79 Å². The Hall–Kier alpha value is -1.91. The Morgan fingerprint density at radius 3 is 2.50 bits per heavy atom. The van der Waals surface area contributed by atoms with Crippen molar-refractivity contribution in [1.29, 1.82) is 0 Å². The van der Waals surface area contributed by atoms with E-state index in [0.29, 0.717) is 16.8 Å². The van der Waals surface area contributed by atoms with E-state index in [1.54, 1.807) is 12.1 Å². The second kappa shape index (κ2) is 7.92. The summed E-state index contributed by atoms with van der Waals surface area (Å²) in [6.07, 6.45) is 1.51.